The molecule has 0 aliphatic carbocycles. The molecule has 0 fully saturated rings. The second-order valence-corrected chi connectivity index (χ2v) is 4.21. The number of hydrogen-bond donors (Lipinski definition) is 1. The van der Waals surface area contributed by atoms with Gasteiger partial charge in [-0.25, -0.2) is 4.79 Å². The minimum absolute atomic E-state index is 0.296. The van der Waals surface area contributed by atoms with E-state index in [1.807, 2.05) is 0 Å². The van der Waals surface area contributed by atoms with Crippen molar-refractivity contribution in [3.05, 3.63) is 59.9 Å². The van der Waals surface area contributed by atoms with Crippen LogP contribution in [0.1, 0.15) is 11.1 Å². The van der Waals surface area contributed by atoms with Crippen LogP contribution < -0.4 is 0 Å². The number of carboxylic acid groups (broad SMARTS) is 1. The second-order valence-electron chi connectivity index (χ2n) is 4.21. The van der Waals surface area contributed by atoms with Crippen molar-refractivity contribution in [1.29, 1.82) is 0 Å². The van der Waals surface area contributed by atoms with Gasteiger partial charge in [0.1, 0.15) is 0 Å². The molecule has 1 N–H and O–H groups in total. The molecule has 0 saturated carbocycles. The van der Waals surface area contributed by atoms with Gasteiger partial charge in [-0.1, -0.05) is 6.07 Å². The molecule has 1 aromatic heterocycles. The maximum atomic E-state index is 12.8. The summed E-state index contributed by atoms with van der Waals surface area (Å²) < 4.78 is 38.4. The van der Waals surface area contributed by atoms with Gasteiger partial charge >= 0.3 is 12.1 Å². The van der Waals surface area contributed by atoms with Gasteiger partial charge in [0.05, 0.1) is 5.56 Å². The second kappa shape index (κ2) is 5.78. The number of nitrogens with zero attached hydrogens (tertiary/aromatic N) is 1. The largest absolute Gasteiger partial charge is 0.478 e. The number of rotatable bonds is 3. The van der Waals surface area contributed by atoms with E-state index in [1.54, 1.807) is 12.1 Å². The van der Waals surface area contributed by atoms with Crippen molar-refractivity contribution in [3.8, 4) is 11.1 Å². The molecule has 0 aliphatic rings. The van der Waals surface area contributed by atoms with Crippen molar-refractivity contribution in [2.45, 2.75) is 6.18 Å². The number of halogens is 3. The van der Waals surface area contributed by atoms with Crippen molar-refractivity contribution >= 4 is 12.0 Å². The number of carbonyl (C=O) groups is 1. The van der Waals surface area contributed by atoms with Crippen molar-refractivity contribution in [2.24, 2.45) is 0 Å². The molecule has 0 bridgehead atoms. The van der Waals surface area contributed by atoms with E-state index >= 15 is 0 Å². The minimum atomic E-state index is -4.46. The molecule has 0 radical (unpaired) electrons. The van der Waals surface area contributed by atoms with Crippen molar-refractivity contribution < 1.29 is 23.1 Å². The average Bonchev–Trinajstić information content (AvgIpc) is 2.45. The van der Waals surface area contributed by atoms with E-state index < -0.39 is 17.7 Å². The Balaban J connectivity index is 2.58. The number of pyridine rings is 1. The lowest BCUT2D eigenvalue weighted by Crippen LogP contribution is -2.05. The van der Waals surface area contributed by atoms with Crippen LogP contribution in [-0.2, 0) is 11.0 Å². The van der Waals surface area contributed by atoms with E-state index in [0.717, 1.165) is 18.2 Å². The standard InChI is InChI=1S/C15H10F3NO2/c16-15(17,18)12-3-1-10(2-4-14(20)21)13(9-12)11-5-7-19-8-6-11/h1-9H,(H,20,21)/b4-2+. The SMILES string of the molecule is O=C(O)/C=C/c1ccc(C(F)(F)F)cc1-c1ccncc1. The first-order chi connectivity index (χ1) is 9.88. The maximum absolute atomic E-state index is 12.8. The topological polar surface area (TPSA) is 50.2 Å². The summed E-state index contributed by atoms with van der Waals surface area (Å²) in [6.45, 7) is 0. The molecule has 0 unspecified atom stereocenters. The summed E-state index contributed by atoms with van der Waals surface area (Å²) in [4.78, 5) is 14.4. The minimum Gasteiger partial charge on any atom is -0.478 e. The molecule has 0 aliphatic heterocycles. The number of alkyl halides is 3. The summed E-state index contributed by atoms with van der Waals surface area (Å²) in [7, 11) is 0. The zero-order valence-electron chi connectivity index (χ0n) is 10.6. The van der Waals surface area contributed by atoms with Gasteiger partial charge in [0.25, 0.3) is 0 Å². The molecule has 3 nitrogen and oxygen atoms in total. The maximum Gasteiger partial charge on any atom is 0.416 e. The van der Waals surface area contributed by atoms with Gasteiger partial charge < -0.3 is 5.11 Å². The lowest BCUT2D eigenvalue weighted by Gasteiger charge is -2.12. The predicted molar refractivity (Wildman–Crippen MR) is 71.3 cm³/mol. The molecule has 0 amide bonds. The molecular formula is C15H10F3NO2. The van der Waals surface area contributed by atoms with Crippen LogP contribution in [0.4, 0.5) is 13.2 Å². The summed E-state index contributed by atoms with van der Waals surface area (Å²) in [6.07, 6.45) is 0.600. The summed E-state index contributed by atoms with van der Waals surface area (Å²) in [5.41, 5.74) is 0.421. The Hall–Kier alpha value is -2.63. The van der Waals surface area contributed by atoms with Crippen LogP contribution in [0, 0.1) is 0 Å². The number of hydrogen-bond acceptors (Lipinski definition) is 2. The van der Waals surface area contributed by atoms with Crippen molar-refractivity contribution in [2.75, 3.05) is 0 Å². The van der Waals surface area contributed by atoms with Gasteiger partial charge in [-0.15, -0.1) is 0 Å². The van der Waals surface area contributed by atoms with E-state index in [4.69, 9.17) is 5.11 Å². The molecule has 0 saturated heterocycles. The third-order valence-corrected chi connectivity index (χ3v) is 2.78. The van der Waals surface area contributed by atoms with E-state index in [1.165, 1.54) is 24.5 Å². The highest BCUT2D eigenvalue weighted by atomic mass is 19.4. The fourth-order valence-corrected chi connectivity index (χ4v) is 1.82. The highest BCUT2D eigenvalue weighted by Crippen LogP contribution is 2.34. The smallest absolute Gasteiger partial charge is 0.416 e. The van der Waals surface area contributed by atoms with Crippen molar-refractivity contribution in [1.82, 2.24) is 4.98 Å². The van der Waals surface area contributed by atoms with E-state index in [9.17, 15) is 18.0 Å². The molecule has 2 rings (SSSR count). The van der Waals surface area contributed by atoms with Crippen molar-refractivity contribution in [3.63, 3.8) is 0 Å². The normalized spacial score (nSPS) is 11.8. The number of aliphatic carboxylic acids is 1. The zero-order chi connectivity index (χ0) is 15.5. The first kappa shape index (κ1) is 14.8. The van der Waals surface area contributed by atoms with Crippen LogP contribution in [0.2, 0.25) is 0 Å². The molecule has 21 heavy (non-hydrogen) atoms. The highest BCUT2D eigenvalue weighted by molar-refractivity contribution is 5.88. The summed E-state index contributed by atoms with van der Waals surface area (Å²) in [5.74, 6) is -1.17. The first-order valence-corrected chi connectivity index (χ1v) is 5.90. The van der Waals surface area contributed by atoms with Crippen LogP contribution in [-0.4, -0.2) is 16.1 Å². The van der Waals surface area contributed by atoms with Gasteiger partial charge in [-0.3, -0.25) is 4.98 Å². The summed E-state index contributed by atoms with van der Waals surface area (Å²) in [6, 6.07) is 6.29. The summed E-state index contributed by atoms with van der Waals surface area (Å²) >= 11 is 0. The molecule has 2 aromatic rings. The van der Waals surface area contributed by atoms with Crippen LogP contribution in [0.25, 0.3) is 17.2 Å². The predicted octanol–water partition coefficient (Wildman–Crippen LogP) is 3.87. The Labute approximate surface area is 118 Å². The molecule has 6 heteroatoms. The number of carboxylic acids is 1. The fraction of sp³-hybridized carbons (Fsp3) is 0.0667. The lowest BCUT2D eigenvalue weighted by atomic mass is 9.97. The quantitative estimate of drug-likeness (QED) is 0.874. The van der Waals surface area contributed by atoms with Crippen LogP contribution in [0.15, 0.2) is 48.8 Å². The highest BCUT2D eigenvalue weighted by Gasteiger charge is 2.30. The molecule has 108 valence electrons. The summed E-state index contributed by atoms with van der Waals surface area (Å²) in [5, 5.41) is 8.64. The molecule has 1 heterocycles. The van der Waals surface area contributed by atoms with Gasteiger partial charge in [-0.2, -0.15) is 13.2 Å². The monoisotopic (exact) mass is 293 g/mol. The van der Waals surface area contributed by atoms with Gasteiger partial charge in [0.15, 0.2) is 0 Å². The Morgan fingerprint density at radius 3 is 2.38 bits per heavy atom. The molecule has 1 aromatic carbocycles. The Bertz CT molecular complexity index is 679. The van der Waals surface area contributed by atoms with E-state index in [0.29, 0.717) is 16.7 Å². The number of benzene rings is 1. The van der Waals surface area contributed by atoms with Gasteiger partial charge in [0.2, 0.25) is 0 Å². The van der Waals surface area contributed by atoms with Gasteiger partial charge in [0, 0.05) is 18.5 Å². The Morgan fingerprint density at radius 1 is 1.14 bits per heavy atom. The van der Waals surface area contributed by atoms with Crippen LogP contribution in [0.5, 0.6) is 0 Å². The fourth-order valence-electron chi connectivity index (χ4n) is 1.82. The Kier molecular flexibility index (Phi) is 4.07. The first-order valence-electron chi connectivity index (χ1n) is 5.90. The Morgan fingerprint density at radius 2 is 1.81 bits per heavy atom. The molecular weight excluding hydrogens is 283 g/mol. The van der Waals surface area contributed by atoms with Gasteiger partial charge in [-0.05, 0) is 47.0 Å². The van der Waals surface area contributed by atoms with E-state index in [2.05, 4.69) is 4.98 Å². The number of aromatic nitrogens is 1. The van der Waals surface area contributed by atoms with E-state index in [-0.39, 0.29) is 0 Å². The third kappa shape index (κ3) is 3.68. The molecule has 0 atom stereocenters. The third-order valence-electron chi connectivity index (χ3n) is 2.78. The molecule has 0 spiro atoms. The average molecular weight is 293 g/mol. The van der Waals surface area contributed by atoms with Crippen LogP contribution >= 0.6 is 0 Å². The lowest BCUT2D eigenvalue weighted by molar-refractivity contribution is -0.137. The van der Waals surface area contributed by atoms with Crippen LogP contribution in [0.3, 0.4) is 0 Å². The zero-order valence-corrected chi connectivity index (χ0v) is 10.6.